The fourth-order valence-electron chi connectivity index (χ4n) is 4.07. The summed E-state index contributed by atoms with van der Waals surface area (Å²) in [4.78, 5) is 19.4. The molecule has 31 heavy (non-hydrogen) atoms. The standard InChI is InChI=1S/C25H30N4O2/c1-27(2)21-12-10-20(11-13-21)23(19-26-25(30)24-9-6-18-31-24)29-16-14-28(15-17-29)22-7-4-3-5-8-22/h3-13,18,23H,14-17,19H2,1-2H3,(H,26,30). The number of nitrogens with one attached hydrogen (secondary N) is 1. The Labute approximate surface area is 184 Å². The number of carbonyl (C=O) groups excluding carboxylic acids is 1. The lowest BCUT2D eigenvalue weighted by molar-refractivity contribution is 0.0902. The van der Waals surface area contributed by atoms with E-state index in [1.807, 2.05) is 14.1 Å². The molecule has 0 saturated carbocycles. The molecule has 2 heterocycles. The molecule has 3 aromatic rings. The van der Waals surface area contributed by atoms with Crippen LogP contribution in [0.1, 0.15) is 22.2 Å². The van der Waals surface area contributed by atoms with Crippen LogP contribution in [0, 0.1) is 0 Å². The molecule has 6 nitrogen and oxygen atoms in total. The second kappa shape index (κ2) is 9.71. The van der Waals surface area contributed by atoms with E-state index >= 15 is 0 Å². The molecule has 6 heteroatoms. The van der Waals surface area contributed by atoms with Crippen molar-refractivity contribution in [1.82, 2.24) is 10.2 Å². The molecule has 1 N–H and O–H groups in total. The van der Waals surface area contributed by atoms with Gasteiger partial charge < -0.3 is 19.5 Å². The van der Waals surface area contributed by atoms with Crippen LogP contribution >= 0.6 is 0 Å². The Hall–Kier alpha value is -3.25. The number of nitrogens with zero attached hydrogens (tertiary/aromatic N) is 3. The summed E-state index contributed by atoms with van der Waals surface area (Å²) in [6, 6.07) is 22.7. The first-order valence-corrected chi connectivity index (χ1v) is 10.7. The summed E-state index contributed by atoms with van der Waals surface area (Å²) < 4.78 is 5.25. The first-order valence-electron chi connectivity index (χ1n) is 10.7. The van der Waals surface area contributed by atoms with Gasteiger partial charge >= 0.3 is 0 Å². The zero-order valence-corrected chi connectivity index (χ0v) is 18.2. The molecule has 1 aromatic heterocycles. The number of para-hydroxylation sites is 1. The van der Waals surface area contributed by atoms with Crippen LogP contribution in [0.25, 0.3) is 0 Å². The van der Waals surface area contributed by atoms with Gasteiger partial charge in [-0.2, -0.15) is 0 Å². The van der Waals surface area contributed by atoms with Crippen molar-refractivity contribution in [3.63, 3.8) is 0 Å². The van der Waals surface area contributed by atoms with Crippen molar-refractivity contribution < 1.29 is 9.21 Å². The van der Waals surface area contributed by atoms with Crippen molar-refractivity contribution in [1.29, 1.82) is 0 Å². The molecule has 162 valence electrons. The highest BCUT2D eigenvalue weighted by Crippen LogP contribution is 2.26. The topological polar surface area (TPSA) is 52.0 Å². The number of anilines is 2. The number of rotatable bonds is 7. The van der Waals surface area contributed by atoms with Gasteiger partial charge in [-0.05, 0) is 42.0 Å². The van der Waals surface area contributed by atoms with E-state index in [9.17, 15) is 4.79 Å². The number of furan rings is 1. The third kappa shape index (κ3) is 5.09. The Morgan fingerprint density at radius 2 is 1.68 bits per heavy atom. The van der Waals surface area contributed by atoms with Crippen LogP contribution in [0.15, 0.2) is 77.4 Å². The van der Waals surface area contributed by atoms with Gasteiger partial charge in [-0.3, -0.25) is 9.69 Å². The van der Waals surface area contributed by atoms with Gasteiger partial charge in [0.25, 0.3) is 5.91 Å². The summed E-state index contributed by atoms with van der Waals surface area (Å²) in [7, 11) is 4.08. The molecule has 0 spiro atoms. The Balaban J connectivity index is 1.47. The predicted molar refractivity (Wildman–Crippen MR) is 125 cm³/mol. The predicted octanol–water partition coefficient (Wildman–Crippen LogP) is 3.64. The van der Waals surface area contributed by atoms with Gasteiger partial charge in [0.15, 0.2) is 5.76 Å². The van der Waals surface area contributed by atoms with Gasteiger partial charge in [0.2, 0.25) is 0 Å². The summed E-state index contributed by atoms with van der Waals surface area (Å²) in [5, 5.41) is 3.06. The third-order valence-corrected chi connectivity index (χ3v) is 5.87. The fraction of sp³-hybridized carbons (Fsp3) is 0.320. The second-order valence-corrected chi connectivity index (χ2v) is 8.05. The number of hydrogen-bond acceptors (Lipinski definition) is 5. The van der Waals surface area contributed by atoms with E-state index in [0.29, 0.717) is 12.3 Å². The van der Waals surface area contributed by atoms with E-state index in [0.717, 1.165) is 31.9 Å². The minimum atomic E-state index is -0.178. The van der Waals surface area contributed by atoms with Crippen LogP contribution < -0.4 is 15.1 Å². The molecular formula is C25H30N4O2. The first-order chi connectivity index (χ1) is 15.1. The quantitative estimate of drug-likeness (QED) is 0.635. The van der Waals surface area contributed by atoms with Crippen molar-refractivity contribution in [3.05, 3.63) is 84.3 Å². The maximum Gasteiger partial charge on any atom is 0.287 e. The molecule has 0 radical (unpaired) electrons. The van der Waals surface area contributed by atoms with Crippen molar-refractivity contribution in [2.24, 2.45) is 0 Å². The Kier molecular flexibility index (Phi) is 6.57. The average Bonchev–Trinajstić information content (AvgIpc) is 3.36. The number of piperazine rings is 1. The largest absolute Gasteiger partial charge is 0.459 e. The van der Waals surface area contributed by atoms with E-state index in [-0.39, 0.29) is 11.9 Å². The minimum Gasteiger partial charge on any atom is -0.459 e. The van der Waals surface area contributed by atoms with Gasteiger partial charge in [0.1, 0.15) is 0 Å². The van der Waals surface area contributed by atoms with Crippen molar-refractivity contribution in [3.8, 4) is 0 Å². The Bertz CT molecular complexity index is 947. The van der Waals surface area contributed by atoms with Gasteiger partial charge in [-0.25, -0.2) is 0 Å². The zero-order valence-electron chi connectivity index (χ0n) is 18.2. The molecular weight excluding hydrogens is 388 g/mol. The van der Waals surface area contributed by atoms with Crippen molar-refractivity contribution in [2.45, 2.75) is 6.04 Å². The van der Waals surface area contributed by atoms with Crippen molar-refractivity contribution in [2.75, 3.05) is 56.6 Å². The first kappa shape index (κ1) is 21.0. The number of carbonyl (C=O) groups is 1. The molecule has 1 aliphatic rings. The number of benzene rings is 2. The Morgan fingerprint density at radius 3 is 2.29 bits per heavy atom. The lowest BCUT2D eigenvalue weighted by Crippen LogP contribution is -2.49. The van der Waals surface area contributed by atoms with Gasteiger partial charge in [0, 0.05) is 58.2 Å². The molecule has 1 amide bonds. The second-order valence-electron chi connectivity index (χ2n) is 8.05. The van der Waals surface area contributed by atoms with Gasteiger partial charge in [0.05, 0.1) is 12.3 Å². The molecule has 4 rings (SSSR count). The Morgan fingerprint density at radius 1 is 0.968 bits per heavy atom. The molecule has 1 saturated heterocycles. The van der Waals surface area contributed by atoms with E-state index in [1.54, 1.807) is 12.1 Å². The van der Waals surface area contributed by atoms with Crippen LogP contribution in [-0.2, 0) is 0 Å². The smallest absolute Gasteiger partial charge is 0.287 e. The SMILES string of the molecule is CN(C)c1ccc(C(CNC(=O)c2ccco2)N2CCN(c3ccccc3)CC2)cc1. The van der Waals surface area contributed by atoms with Crippen LogP contribution in [0.2, 0.25) is 0 Å². The normalized spacial score (nSPS) is 15.5. The molecule has 0 aliphatic carbocycles. The van der Waals surface area contributed by atoms with E-state index in [2.05, 4.69) is 74.6 Å². The van der Waals surface area contributed by atoms with Gasteiger partial charge in [-0.15, -0.1) is 0 Å². The molecule has 1 unspecified atom stereocenters. The van der Waals surface area contributed by atoms with E-state index in [4.69, 9.17) is 4.42 Å². The number of amides is 1. The zero-order chi connectivity index (χ0) is 21.6. The third-order valence-electron chi connectivity index (χ3n) is 5.87. The molecule has 1 aliphatic heterocycles. The summed E-state index contributed by atoms with van der Waals surface area (Å²) in [6.45, 7) is 4.33. The lowest BCUT2D eigenvalue weighted by atomic mass is 10.0. The average molecular weight is 419 g/mol. The highest BCUT2D eigenvalue weighted by molar-refractivity contribution is 5.91. The minimum absolute atomic E-state index is 0.105. The summed E-state index contributed by atoms with van der Waals surface area (Å²) >= 11 is 0. The lowest BCUT2D eigenvalue weighted by Gasteiger charge is -2.40. The monoisotopic (exact) mass is 418 g/mol. The highest BCUT2D eigenvalue weighted by atomic mass is 16.3. The summed E-state index contributed by atoms with van der Waals surface area (Å²) in [5.41, 5.74) is 3.63. The van der Waals surface area contributed by atoms with E-state index in [1.165, 1.54) is 17.5 Å². The van der Waals surface area contributed by atoms with Crippen LogP contribution in [0.5, 0.6) is 0 Å². The van der Waals surface area contributed by atoms with Crippen LogP contribution in [0.4, 0.5) is 11.4 Å². The van der Waals surface area contributed by atoms with Crippen LogP contribution in [0.3, 0.4) is 0 Å². The summed E-state index contributed by atoms with van der Waals surface area (Å²) in [6.07, 6.45) is 1.52. The maximum absolute atomic E-state index is 12.5. The number of hydrogen-bond donors (Lipinski definition) is 1. The fourth-order valence-corrected chi connectivity index (χ4v) is 4.07. The molecule has 0 bridgehead atoms. The molecule has 1 fully saturated rings. The van der Waals surface area contributed by atoms with Gasteiger partial charge in [-0.1, -0.05) is 30.3 Å². The summed E-state index contributed by atoms with van der Waals surface area (Å²) in [5.74, 6) is 0.165. The van der Waals surface area contributed by atoms with Crippen molar-refractivity contribution >= 4 is 17.3 Å². The highest BCUT2D eigenvalue weighted by Gasteiger charge is 2.26. The molecule has 2 aromatic carbocycles. The van der Waals surface area contributed by atoms with E-state index < -0.39 is 0 Å². The molecule has 1 atom stereocenters. The maximum atomic E-state index is 12.5. The van der Waals surface area contributed by atoms with Crippen LogP contribution in [-0.4, -0.2) is 57.6 Å².